The van der Waals surface area contributed by atoms with Crippen molar-refractivity contribution in [3.8, 4) is 23.6 Å². The van der Waals surface area contributed by atoms with E-state index in [4.69, 9.17) is 18.0 Å². The lowest BCUT2D eigenvalue weighted by Crippen LogP contribution is -2.53. The number of carbonyl (C=O) groups is 3. The van der Waals surface area contributed by atoms with Crippen molar-refractivity contribution in [2.24, 2.45) is 7.05 Å². The molecule has 0 aliphatic carbocycles. The van der Waals surface area contributed by atoms with E-state index in [2.05, 4.69) is 32.0 Å². The van der Waals surface area contributed by atoms with Crippen LogP contribution >= 0.6 is 11.6 Å². The molecule has 16 heteroatoms. The van der Waals surface area contributed by atoms with E-state index in [9.17, 15) is 27.6 Å². The number of benzene rings is 1. The van der Waals surface area contributed by atoms with Gasteiger partial charge in [0.25, 0.3) is 11.8 Å². The minimum Gasteiger partial charge on any atom is -0.337 e. The Hall–Kier alpha value is -4.55. The zero-order chi connectivity index (χ0) is 31.3. The van der Waals surface area contributed by atoms with Crippen LogP contribution in [0.1, 0.15) is 26.7 Å². The summed E-state index contributed by atoms with van der Waals surface area (Å²) in [7, 11) is 3.19. The molecule has 0 unspecified atom stereocenters. The number of anilines is 1. The molecule has 1 saturated heterocycles. The number of rotatable bonds is 8. The number of aromatic nitrogens is 4. The molecule has 228 valence electrons. The van der Waals surface area contributed by atoms with Gasteiger partial charge in [-0.2, -0.15) is 18.3 Å². The van der Waals surface area contributed by atoms with Gasteiger partial charge in [-0.25, -0.2) is 9.78 Å². The lowest BCUT2D eigenvalue weighted by atomic mass is 10.1. The second-order valence-electron chi connectivity index (χ2n) is 9.58. The van der Waals surface area contributed by atoms with Crippen LogP contribution in [-0.4, -0.2) is 93.3 Å². The summed E-state index contributed by atoms with van der Waals surface area (Å²) in [6.45, 7) is 2.35. The first kappa shape index (κ1) is 31.4. The van der Waals surface area contributed by atoms with E-state index in [1.54, 1.807) is 16.8 Å². The van der Waals surface area contributed by atoms with Crippen molar-refractivity contribution in [2.45, 2.75) is 12.7 Å². The average Bonchev–Trinajstić information content (AvgIpc) is 3.56. The normalized spacial score (nSPS) is 13.5. The number of urea groups is 1. The van der Waals surface area contributed by atoms with Crippen LogP contribution in [0, 0.1) is 12.3 Å². The molecule has 4 amide bonds. The second-order valence-corrected chi connectivity index (χ2v) is 9.99. The van der Waals surface area contributed by atoms with Gasteiger partial charge >= 0.3 is 12.2 Å². The minimum atomic E-state index is -4.76. The first-order valence-electron chi connectivity index (χ1n) is 13.1. The lowest BCUT2D eigenvalue weighted by Gasteiger charge is -2.35. The molecule has 3 heterocycles. The van der Waals surface area contributed by atoms with Crippen molar-refractivity contribution >= 4 is 35.1 Å². The Morgan fingerprint density at radius 1 is 1.12 bits per heavy atom. The Morgan fingerprint density at radius 3 is 2.44 bits per heavy atom. The number of nitrogens with one attached hydrogen (secondary N) is 3. The van der Waals surface area contributed by atoms with Crippen molar-refractivity contribution in [1.29, 1.82) is 0 Å². The zero-order valence-corrected chi connectivity index (χ0v) is 24.1. The molecule has 3 aromatic rings. The number of nitrogens with zero attached hydrogens (tertiary/aromatic N) is 6. The van der Waals surface area contributed by atoms with Crippen molar-refractivity contribution in [1.82, 2.24) is 39.8 Å². The fraction of sp³-hybridized carbons (Fsp3) is 0.370. The largest absolute Gasteiger partial charge is 0.435 e. The number of amides is 4. The molecule has 2 aromatic heterocycles. The molecule has 12 nitrogen and oxygen atoms in total. The van der Waals surface area contributed by atoms with E-state index in [1.165, 1.54) is 29.8 Å². The smallest absolute Gasteiger partial charge is 0.337 e. The Labute approximate surface area is 250 Å². The fourth-order valence-corrected chi connectivity index (χ4v) is 4.77. The van der Waals surface area contributed by atoms with E-state index in [0.29, 0.717) is 39.3 Å². The van der Waals surface area contributed by atoms with Crippen molar-refractivity contribution in [3.63, 3.8) is 0 Å². The molecule has 43 heavy (non-hydrogen) atoms. The Balaban J connectivity index is 1.42. The van der Waals surface area contributed by atoms with E-state index in [1.807, 2.05) is 0 Å². The third kappa shape index (κ3) is 7.09. The Morgan fingerprint density at radius 2 is 1.81 bits per heavy atom. The van der Waals surface area contributed by atoms with E-state index in [-0.39, 0.29) is 51.8 Å². The highest BCUT2D eigenvalue weighted by molar-refractivity contribution is 6.34. The van der Waals surface area contributed by atoms with Gasteiger partial charge in [0.05, 0.1) is 28.0 Å². The van der Waals surface area contributed by atoms with Gasteiger partial charge in [0.15, 0.2) is 11.5 Å². The van der Waals surface area contributed by atoms with Crippen LogP contribution in [0.3, 0.4) is 0 Å². The van der Waals surface area contributed by atoms with Crippen LogP contribution in [0.15, 0.2) is 30.6 Å². The van der Waals surface area contributed by atoms with Crippen LogP contribution in [0.25, 0.3) is 11.3 Å². The third-order valence-electron chi connectivity index (χ3n) is 6.71. The predicted octanol–water partition coefficient (Wildman–Crippen LogP) is 2.53. The van der Waals surface area contributed by atoms with Crippen molar-refractivity contribution in [2.75, 3.05) is 51.6 Å². The number of hydrogen-bond donors (Lipinski definition) is 3. The van der Waals surface area contributed by atoms with E-state index >= 15 is 0 Å². The zero-order valence-electron chi connectivity index (χ0n) is 23.3. The summed E-state index contributed by atoms with van der Waals surface area (Å²) in [5, 5.41) is 12.0. The van der Waals surface area contributed by atoms with Gasteiger partial charge < -0.3 is 30.3 Å². The summed E-state index contributed by atoms with van der Waals surface area (Å²) in [5.41, 5.74) is -0.960. The Kier molecular flexibility index (Phi) is 9.62. The molecule has 1 aromatic carbocycles. The lowest BCUT2D eigenvalue weighted by molar-refractivity contribution is -0.141. The standard InChI is InChI=1S/C27H29ClF3N9O3/c1-4-9-40-16-19(22(36-40)27(29,30)31)21-15-34-23(37(21)3)24(41)35-17-5-6-18(20(28)14-17)25(42)38-10-12-39(13-11-38)26(43)33-8-7-32-2/h1,5-6,14-16,32H,7-13H2,2-3H3,(H,33,43)(H,35,41). The van der Waals surface area contributed by atoms with Gasteiger partial charge in [-0.1, -0.05) is 17.5 Å². The van der Waals surface area contributed by atoms with Gasteiger partial charge in [-0.15, -0.1) is 6.42 Å². The number of halogens is 4. The first-order valence-corrected chi connectivity index (χ1v) is 13.5. The second kappa shape index (κ2) is 13.2. The quantitative estimate of drug-likeness (QED) is 0.263. The van der Waals surface area contributed by atoms with Gasteiger partial charge in [-0.3, -0.25) is 14.3 Å². The molecule has 0 atom stereocenters. The van der Waals surface area contributed by atoms with Crippen LogP contribution in [-0.2, 0) is 19.8 Å². The molecular formula is C27H29ClF3N9O3. The highest BCUT2D eigenvalue weighted by atomic mass is 35.5. The van der Waals surface area contributed by atoms with Crippen LogP contribution in [0.5, 0.6) is 0 Å². The number of carbonyl (C=O) groups excluding carboxylic acids is 3. The minimum absolute atomic E-state index is 0.00951. The maximum Gasteiger partial charge on any atom is 0.435 e. The topological polar surface area (TPSA) is 129 Å². The van der Waals surface area contributed by atoms with Crippen LogP contribution < -0.4 is 16.0 Å². The molecule has 0 spiro atoms. The van der Waals surface area contributed by atoms with Crippen LogP contribution in [0.2, 0.25) is 5.02 Å². The van der Waals surface area contributed by atoms with Gasteiger partial charge in [0.2, 0.25) is 0 Å². The van der Waals surface area contributed by atoms with Gasteiger partial charge in [0.1, 0.15) is 6.54 Å². The third-order valence-corrected chi connectivity index (χ3v) is 7.03. The molecule has 0 bridgehead atoms. The number of alkyl halides is 3. The highest BCUT2D eigenvalue weighted by Crippen LogP contribution is 2.36. The molecule has 0 saturated carbocycles. The monoisotopic (exact) mass is 619 g/mol. The van der Waals surface area contributed by atoms with E-state index in [0.717, 1.165) is 17.1 Å². The van der Waals surface area contributed by atoms with Crippen molar-refractivity contribution < 1.29 is 27.6 Å². The summed E-state index contributed by atoms with van der Waals surface area (Å²) in [6, 6.07) is 4.15. The number of likely N-dealkylation sites (N-methyl/N-ethyl adjacent to an activating group) is 1. The number of terminal acetylenes is 1. The number of imidazole rings is 1. The summed E-state index contributed by atoms with van der Waals surface area (Å²) in [5.74, 6) is 1.03. The molecule has 4 rings (SSSR count). The average molecular weight is 620 g/mol. The molecule has 0 radical (unpaired) electrons. The maximum atomic E-state index is 13.6. The summed E-state index contributed by atoms with van der Waals surface area (Å²) in [6.07, 6.45) is 2.74. The molecule has 1 aliphatic heterocycles. The summed E-state index contributed by atoms with van der Waals surface area (Å²) < 4.78 is 43.1. The van der Waals surface area contributed by atoms with Gasteiger partial charge in [-0.05, 0) is 25.2 Å². The van der Waals surface area contributed by atoms with Crippen LogP contribution in [0.4, 0.5) is 23.7 Å². The molecule has 3 N–H and O–H groups in total. The SMILES string of the molecule is C#CCn1cc(-c2cnc(C(=O)Nc3ccc(C(=O)N4CCN(C(=O)NCCNC)CC4)c(Cl)c3)n2C)c(C(F)(F)F)n1. The predicted molar refractivity (Wildman–Crippen MR) is 152 cm³/mol. The fourth-order valence-electron chi connectivity index (χ4n) is 4.51. The number of hydrogen-bond acceptors (Lipinski definition) is 6. The molecule has 1 fully saturated rings. The maximum absolute atomic E-state index is 13.6. The first-order chi connectivity index (χ1) is 20.4. The molecular weight excluding hydrogens is 591 g/mol. The van der Waals surface area contributed by atoms with Crippen molar-refractivity contribution in [3.05, 3.63) is 52.7 Å². The number of piperazine rings is 1. The summed E-state index contributed by atoms with van der Waals surface area (Å²) in [4.78, 5) is 45.6. The molecule has 1 aliphatic rings. The Bertz CT molecular complexity index is 1550. The summed E-state index contributed by atoms with van der Waals surface area (Å²) >= 11 is 6.40. The highest BCUT2D eigenvalue weighted by Gasteiger charge is 2.38. The van der Waals surface area contributed by atoms with Gasteiger partial charge in [0, 0.05) is 58.2 Å². The van der Waals surface area contributed by atoms with E-state index < -0.39 is 17.8 Å².